The molecule has 1 fully saturated rings. The van der Waals surface area contributed by atoms with Gasteiger partial charge >= 0.3 is 5.97 Å². The van der Waals surface area contributed by atoms with Crippen molar-refractivity contribution in [3.63, 3.8) is 0 Å². The van der Waals surface area contributed by atoms with Crippen molar-refractivity contribution < 1.29 is 14.3 Å². The lowest BCUT2D eigenvalue weighted by Crippen LogP contribution is -2.59. The smallest absolute Gasteiger partial charge is 0.335 e. The van der Waals surface area contributed by atoms with Gasteiger partial charge in [0.15, 0.2) is 5.60 Å². The second kappa shape index (κ2) is 9.53. The zero-order chi connectivity index (χ0) is 20.0. The minimum absolute atomic E-state index is 0.0797. The fourth-order valence-electron chi connectivity index (χ4n) is 4.54. The van der Waals surface area contributed by atoms with E-state index in [1.165, 1.54) is 0 Å². The van der Waals surface area contributed by atoms with Crippen LogP contribution >= 0.6 is 0 Å². The second-order valence-corrected chi connectivity index (χ2v) is 10.6. The Morgan fingerprint density at radius 2 is 1.68 bits per heavy atom. The predicted octanol–water partition coefficient (Wildman–Crippen LogP) is 3.99. The highest BCUT2D eigenvalue weighted by Gasteiger charge is 2.51. The van der Waals surface area contributed by atoms with Gasteiger partial charge in [0.2, 0.25) is 9.04 Å². The van der Waals surface area contributed by atoms with Crippen LogP contribution in [0, 0.1) is 11.8 Å². The standard InChI is InChI=1S/C24H32O3Si/c1-3-4-11-20-18-19(2)16-17-24(20,23(25)26)27-28(21-12-7-5-8-13-21)22-14-9-6-10-15-22/h5-10,12-15,19-20,28H,3-4,11,16-18H2,1-2H3,(H,25,26). The number of carboxylic acids is 1. The first-order valence-corrected chi connectivity index (χ1v) is 12.2. The van der Waals surface area contributed by atoms with Crippen LogP contribution in [0.25, 0.3) is 0 Å². The fraction of sp³-hybridized carbons (Fsp3) is 0.458. The van der Waals surface area contributed by atoms with Gasteiger partial charge in [-0.1, -0.05) is 87.4 Å². The van der Waals surface area contributed by atoms with E-state index < -0.39 is 20.6 Å². The van der Waals surface area contributed by atoms with Crippen LogP contribution in [-0.4, -0.2) is 25.7 Å². The summed E-state index contributed by atoms with van der Waals surface area (Å²) in [6.07, 6.45) is 5.53. The average Bonchev–Trinajstić information content (AvgIpc) is 2.73. The largest absolute Gasteiger partial charge is 0.479 e. The summed E-state index contributed by atoms with van der Waals surface area (Å²) in [6.45, 7) is 4.41. The van der Waals surface area contributed by atoms with Crippen molar-refractivity contribution in [1.29, 1.82) is 0 Å². The molecule has 1 aliphatic carbocycles. The molecule has 150 valence electrons. The van der Waals surface area contributed by atoms with Crippen molar-refractivity contribution in [2.24, 2.45) is 11.8 Å². The molecule has 3 atom stereocenters. The van der Waals surface area contributed by atoms with E-state index in [4.69, 9.17) is 4.43 Å². The monoisotopic (exact) mass is 396 g/mol. The number of benzene rings is 2. The maximum absolute atomic E-state index is 12.7. The van der Waals surface area contributed by atoms with Crippen molar-refractivity contribution in [2.75, 3.05) is 0 Å². The van der Waals surface area contributed by atoms with Crippen LogP contribution in [0.3, 0.4) is 0 Å². The Hall–Kier alpha value is -1.91. The number of unbranched alkanes of at least 4 members (excludes halogenated alkanes) is 1. The molecule has 2 aromatic rings. The lowest BCUT2D eigenvalue weighted by atomic mass is 9.69. The summed E-state index contributed by atoms with van der Waals surface area (Å²) in [5.41, 5.74) is -1.07. The van der Waals surface area contributed by atoms with Gasteiger partial charge < -0.3 is 9.53 Å². The Morgan fingerprint density at radius 1 is 1.11 bits per heavy atom. The van der Waals surface area contributed by atoms with E-state index >= 15 is 0 Å². The molecule has 0 spiro atoms. The molecule has 0 saturated heterocycles. The van der Waals surface area contributed by atoms with E-state index in [2.05, 4.69) is 38.1 Å². The summed E-state index contributed by atoms with van der Waals surface area (Å²) in [7, 11) is -2.12. The number of carbonyl (C=O) groups is 1. The Bertz CT molecular complexity index is 709. The number of rotatable bonds is 8. The highest BCUT2D eigenvalue weighted by molar-refractivity contribution is 6.80. The van der Waals surface area contributed by atoms with Crippen LogP contribution in [0.5, 0.6) is 0 Å². The van der Waals surface area contributed by atoms with E-state index in [1.807, 2.05) is 36.4 Å². The maximum atomic E-state index is 12.7. The van der Waals surface area contributed by atoms with Crippen molar-refractivity contribution >= 4 is 25.4 Å². The zero-order valence-electron chi connectivity index (χ0n) is 17.0. The van der Waals surface area contributed by atoms with E-state index in [9.17, 15) is 9.90 Å². The van der Waals surface area contributed by atoms with Crippen molar-refractivity contribution in [2.45, 2.75) is 58.0 Å². The lowest BCUT2D eigenvalue weighted by molar-refractivity contribution is -0.166. The molecule has 3 unspecified atom stereocenters. The van der Waals surface area contributed by atoms with Gasteiger partial charge in [-0.15, -0.1) is 0 Å². The molecule has 0 bridgehead atoms. The van der Waals surface area contributed by atoms with Crippen molar-refractivity contribution in [3.8, 4) is 0 Å². The molecule has 1 N–H and O–H groups in total. The maximum Gasteiger partial charge on any atom is 0.335 e. The second-order valence-electron chi connectivity index (χ2n) is 8.23. The summed E-state index contributed by atoms with van der Waals surface area (Å²) < 4.78 is 6.81. The van der Waals surface area contributed by atoms with E-state index in [1.54, 1.807) is 0 Å². The molecule has 0 heterocycles. The quantitative estimate of drug-likeness (QED) is 0.686. The number of hydrogen-bond donors (Lipinski definition) is 1. The van der Waals surface area contributed by atoms with Gasteiger partial charge in [0.05, 0.1) is 0 Å². The van der Waals surface area contributed by atoms with Crippen LogP contribution in [0.15, 0.2) is 60.7 Å². The minimum Gasteiger partial charge on any atom is -0.479 e. The summed E-state index contributed by atoms with van der Waals surface area (Å²) in [4.78, 5) is 12.7. The molecule has 4 heteroatoms. The van der Waals surface area contributed by atoms with Gasteiger partial charge in [-0.2, -0.15) is 0 Å². The Kier molecular flexibility index (Phi) is 7.08. The first kappa shape index (κ1) is 20.8. The highest BCUT2D eigenvalue weighted by Crippen LogP contribution is 2.43. The minimum atomic E-state index is -2.12. The lowest BCUT2D eigenvalue weighted by Gasteiger charge is -2.45. The molecule has 0 aromatic heterocycles. The third kappa shape index (κ3) is 4.56. The molecule has 2 aromatic carbocycles. The van der Waals surface area contributed by atoms with Crippen LogP contribution in [0.2, 0.25) is 0 Å². The van der Waals surface area contributed by atoms with Crippen molar-refractivity contribution in [3.05, 3.63) is 60.7 Å². The van der Waals surface area contributed by atoms with E-state index in [0.717, 1.165) is 42.5 Å². The number of aliphatic carboxylic acids is 1. The molecule has 1 aliphatic rings. The number of hydrogen-bond acceptors (Lipinski definition) is 2. The van der Waals surface area contributed by atoms with E-state index in [0.29, 0.717) is 12.3 Å². The average molecular weight is 397 g/mol. The summed E-state index contributed by atoms with van der Waals surface area (Å²) in [5, 5.41) is 12.7. The van der Waals surface area contributed by atoms with Gasteiger partial charge in [-0.25, -0.2) is 4.79 Å². The molecule has 28 heavy (non-hydrogen) atoms. The van der Waals surface area contributed by atoms with Crippen LogP contribution in [0.1, 0.15) is 52.4 Å². The van der Waals surface area contributed by atoms with Gasteiger partial charge in [0.1, 0.15) is 0 Å². The molecule has 0 amide bonds. The summed E-state index contributed by atoms with van der Waals surface area (Å²) in [5.74, 6) is -0.132. The van der Waals surface area contributed by atoms with Crippen molar-refractivity contribution in [1.82, 2.24) is 0 Å². The Labute approximate surface area is 170 Å². The van der Waals surface area contributed by atoms with Gasteiger partial charge in [0, 0.05) is 0 Å². The zero-order valence-corrected chi connectivity index (χ0v) is 18.2. The number of carboxylic acid groups (broad SMARTS) is 1. The molecule has 3 rings (SSSR count). The van der Waals surface area contributed by atoms with Gasteiger partial charge in [-0.05, 0) is 47.9 Å². The SMILES string of the molecule is CCCCC1CC(C)CCC1(O[SiH](c1ccccc1)c1ccccc1)C(=O)O. The molecule has 3 nitrogen and oxygen atoms in total. The fourth-order valence-corrected chi connectivity index (χ4v) is 7.17. The molecule has 0 radical (unpaired) electrons. The topological polar surface area (TPSA) is 46.5 Å². The van der Waals surface area contributed by atoms with E-state index in [-0.39, 0.29) is 5.92 Å². The molecular formula is C24H32O3Si. The Balaban J connectivity index is 2.00. The normalized spacial score (nSPS) is 25.0. The predicted molar refractivity (Wildman–Crippen MR) is 117 cm³/mol. The molecule has 1 saturated carbocycles. The highest BCUT2D eigenvalue weighted by atomic mass is 28.3. The van der Waals surface area contributed by atoms with Crippen LogP contribution in [0.4, 0.5) is 0 Å². The first-order valence-electron chi connectivity index (χ1n) is 10.6. The Morgan fingerprint density at radius 3 is 2.18 bits per heavy atom. The summed E-state index contributed by atoms with van der Waals surface area (Å²) >= 11 is 0. The van der Waals surface area contributed by atoms with Gasteiger partial charge in [-0.3, -0.25) is 0 Å². The van der Waals surface area contributed by atoms with Crippen LogP contribution < -0.4 is 10.4 Å². The third-order valence-electron chi connectivity index (χ3n) is 6.16. The summed E-state index contributed by atoms with van der Waals surface area (Å²) in [6, 6.07) is 20.4. The molecular weight excluding hydrogens is 364 g/mol. The molecule has 0 aliphatic heterocycles. The van der Waals surface area contributed by atoms with Crippen LogP contribution in [-0.2, 0) is 9.22 Å². The first-order chi connectivity index (χ1) is 13.6. The van der Waals surface area contributed by atoms with Gasteiger partial charge in [0.25, 0.3) is 0 Å². The third-order valence-corrected chi connectivity index (χ3v) is 8.79.